The summed E-state index contributed by atoms with van der Waals surface area (Å²) in [5.74, 6) is 0.891. The van der Waals surface area contributed by atoms with E-state index < -0.39 is 7.60 Å². The van der Waals surface area contributed by atoms with Gasteiger partial charge in [-0.25, -0.2) is 0 Å². The van der Waals surface area contributed by atoms with Gasteiger partial charge in [0.05, 0.1) is 0 Å². The van der Waals surface area contributed by atoms with Gasteiger partial charge in [-0.05, 0) is 11.6 Å². The maximum Gasteiger partial charge on any atom is 0.349 e. The van der Waals surface area contributed by atoms with Crippen molar-refractivity contribution in [3.05, 3.63) is 41.7 Å². The molecule has 1 aromatic rings. The van der Waals surface area contributed by atoms with Gasteiger partial charge >= 0.3 is 7.60 Å². The lowest BCUT2D eigenvalue weighted by Gasteiger charge is -1.94. The van der Waals surface area contributed by atoms with Crippen molar-refractivity contribution in [2.75, 3.05) is 0 Å². The molecule has 0 heterocycles. The molecule has 0 aliphatic carbocycles. The zero-order valence-corrected chi connectivity index (χ0v) is 7.19. The molecule has 0 spiro atoms. The molecule has 0 amide bonds. The third-order valence-corrected chi connectivity index (χ3v) is 1.80. The molecule has 2 N–H and O–H groups in total. The van der Waals surface area contributed by atoms with Crippen molar-refractivity contribution < 1.29 is 14.4 Å². The predicted molar refractivity (Wildman–Crippen MR) is 47.5 cm³/mol. The largest absolute Gasteiger partial charge is 0.349 e. The quantitative estimate of drug-likeness (QED) is 0.689. The molecule has 64 valence electrons. The fraction of sp³-hybridized carbons (Fsp3) is 0. The Labute approximate surface area is 70.5 Å². The minimum absolute atomic E-state index is 0.779. The van der Waals surface area contributed by atoms with Crippen LogP contribution in [0.5, 0.6) is 0 Å². The molecule has 0 bridgehead atoms. The van der Waals surface area contributed by atoms with Crippen molar-refractivity contribution >= 4 is 13.7 Å². The second-order valence-electron chi connectivity index (χ2n) is 2.32. The van der Waals surface area contributed by atoms with E-state index in [-0.39, 0.29) is 0 Å². The Bertz CT molecular complexity index is 312. The van der Waals surface area contributed by atoms with Gasteiger partial charge in [0.2, 0.25) is 0 Å². The van der Waals surface area contributed by atoms with Gasteiger partial charge in [-0.15, -0.1) is 0 Å². The number of benzene rings is 1. The van der Waals surface area contributed by atoms with Crippen molar-refractivity contribution in [1.82, 2.24) is 0 Å². The van der Waals surface area contributed by atoms with Crippen LogP contribution < -0.4 is 0 Å². The van der Waals surface area contributed by atoms with Crippen molar-refractivity contribution in [3.63, 3.8) is 0 Å². The first-order valence-corrected chi connectivity index (χ1v) is 5.06. The van der Waals surface area contributed by atoms with E-state index in [0.29, 0.717) is 0 Å². The number of hydrogen-bond acceptors (Lipinski definition) is 1. The van der Waals surface area contributed by atoms with Crippen LogP contribution >= 0.6 is 7.60 Å². The Morgan fingerprint density at radius 2 is 1.75 bits per heavy atom. The Morgan fingerprint density at radius 1 is 1.17 bits per heavy atom. The predicted octanol–water partition coefficient (Wildman–Crippen LogP) is 1.83. The Kier molecular flexibility index (Phi) is 2.82. The minimum Gasteiger partial charge on any atom is -0.321 e. The molecule has 0 radical (unpaired) electrons. The smallest absolute Gasteiger partial charge is 0.321 e. The van der Waals surface area contributed by atoms with Crippen LogP contribution in [0.1, 0.15) is 5.56 Å². The van der Waals surface area contributed by atoms with E-state index in [0.717, 1.165) is 11.4 Å². The van der Waals surface area contributed by atoms with E-state index in [9.17, 15) is 4.57 Å². The van der Waals surface area contributed by atoms with Crippen LogP contribution in [0.4, 0.5) is 0 Å². The molecule has 0 unspecified atom stereocenters. The maximum atomic E-state index is 10.4. The maximum absolute atomic E-state index is 10.4. The third-order valence-electron chi connectivity index (χ3n) is 1.26. The summed E-state index contributed by atoms with van der Waals surface area (Å²) in [6, 6.07) is 8.99. The summed E-state index contributed by atoms with van der Waals surface area (Å²) in [4.78, 5) is 17.0. The van der Waals surface area contributed by atoms with E-state index in [2.05, 4.69) is 0 Å². The van der Waals surface area contributed by atoms with Crippen LogP contribution in [0.15, 0.2) is 36.1 Å². The minimum atomic E-state index is -4.01. The highest BCUT2D eigenvalue weighted by atomic mass is 31.2. The van der Waals surface area contributed by atoms with Gasteiger partial charge < -0.3 is 9.79 Å². The van der Waals surface area contributed by atoms with Crippen molar-refractivity contribution in [3.8, 4) is 0 Å². The summed E-state index contributed by atoms with van der Waals surface area (Å²) in [7, 11) is -4.01. The summed E-state index contributed by atoms with van der Waals surface area (Å²) < 4.78 is 10.4. The molecule has 0 saturated carbocycles. The van der Waals surface area contributed by atoms with E-state index >= 15 is 0 Å². The molecule has 4 heteroatoms. The summed E-state index contributed by atoms with van der Waals surface area (Å²) in [6.45, 7) is 0. The zero-order chi connectivity index (χ0) is 9.03. The molecular formula is C8H9O3P. The molecule has 1 aromatic carbocycles. The first kappa shape index (κ1) is 9.20. The molecular weight excluding hydrogens is 175 g/mol. The lowest BCUT2D eigenvalue weighted by atomic mass is 10.2. The molecule has 0 saturated heterocycles. The second-order valence-corrected chi connectivity index (χ2v) is 3.79. The number of rotatable bonds is 2. The lowest BCUT2D eigenvalue weighted by molar-refractivity contribution is 0.386. The first-order chi connectivity index (χ1) is 5.58. The normalized spacial score (nSPS) is 12.2. The van der Waals surface area contributed by atoms with Crippen LogP contribution in [0.25, 0.3) is 6.08 Å². The van der Waals surface area contributed by atoms with Crippen LogP contribution in [0.3, 0.4) is 0 Å². The van der Waals surface area contributed by atoms with Gasteiger partial charge in [-0.3, -0.25) is 4.57 Å². The van der Waals surface area contributed by atoms with E-state index in [1.54, 1.807) is 24.3 Å². The SMILES string of the molecule is O=P(O)(O)/C=C/c1ccccc1. The average molecular weight is 184 g/mol. The molecule has 0 atom stereocenters. The van der Waals surface area contributed by atoms with E-state index in [4.69, 9.17) is 9.79 Å². The second kappa shape index (κ2) is 3.68. The van der Waals surface area contributed by atoms with Gasteiger partial charge in [0.25, 0.3) is 0 Å². The topological polar surface area (TPSA) is 57.5 Å². The molecule has 1 rings (SSSR count). The molecule has 3 nitrogen and oxygen atoms in total. The van der Waals surface area contributed by atoms with Gasteiger partial charge in [0.15, 0.2) is 0 Å². The van der Waals surface area contributed by atoms with Crippen LogP contribution in [-0.4, -0.2) is 9.79 Å². The van der Waals surface area contributed by atoms with Crippen molar-refractivity contribution in [2.24, 2.45) is 0 Å². The van der Waals surface area contributed by atoms with Crippen molar-refractivity contribution in [2.45, 2.75) is 0 Å². The van der Waals surface area contributed by atoms with Gasteiger partial charge in [-0.2, -0.15) is 0 Å². The van der Waals surface area contributed by atoms with Gasteiger partial charge in [0, 0.05) is 5.82 Å². The summed E-state index contributed by atoms with van der Waals surface area (Å²) in [5, 5.41) is 0. The molecule has 0 fully saturated rings. The van der Waals surface area contributed by atoms with Crippen LogP contribution in [0, 0.1) is 0 Å². The van der Waals surface area contributed by atoms with Gasteiger partial charge in [-0.1, -0.05) is 30.3 Å². The lowest BCUT2D eigenvalue weighted by Crippen LogP contribution is -1.71. The first-order valence-electron chi connectivity index (χ1n) is 3.37. The summed E-state index contributed by atoms with van der Waals surface area (Å²) in [6.07, 6.45) is 1.40. The molecule has 0 aromatic heterocycles. The Morgan fingerprint density at radius 3 is 2.25 bits per heavy atom. The highest BCUT2D eigenvalue weighted by Crippen LogP contribution is 2.36. The Hall–Kier alpha value is -0.890. The fourth-order valence-corrected chi connectivity index (χ4v) is 1.11. The Balaban J connectivity index is 2.78. The fourth-order valence-electron chi connectivity index (χ4n) is 0.747. The van der Waals surface area contributed by atoms with Gasteiger partial charge in [0.1, 0.15) is 0 Å². The standard InChI is InChI=1S/C8H9O3P/c9-12(10,11)7-6-8-4-2-1-3-5-8/h1-7H,(H2,9,10,11)/b7-6+. The van der Waals surface area contributed by atoms with E-state index in [1.807, 2.05) is 6.07 Å². The number of hydrogen-bond donors (Lipinski definition) is 2. The monoisotopic (exact) mass is 184 g/mol. The highest BCUT2D eigenvalue weighted by molar-refractivity contribution is 7.55. The zero-order valence-electron chi connectivity index (χ0n) is 6.29. The summed E-state index contributed by atoms with van der Waals surface area (Å²) in [5.41, 5.74) is 0.779. The van der Waals surface area contributed by atoms with Crippen LogP contribution in [-0.2, 0) is 4.57 Å². The molecule has 12 heavy (non-hydrogen) atoms. The summed E-state index contributed by atoms with van der Waals surface area (Å²) >= 11 is 0. The van der Waals surface area contributed by atoms with E-state index in [1.165, 1.54) is 6.08 Å². The molecule has 0 aliphatic heterocycles. The van der Waals surface area contributed by atoms with Crippen molar-refractivity contribution in [1.29, 1.82) is 0 Å². The highest BCUT2D eigenvalue weighted by Gasteiger charge is 2.04. The van der Waals surface area contributed by atoms with Crippen LogP contribution in [0.2, 0.25) is 0 Å². The third kappa shape index (κ3) is 3.49. The average Bonchev–Trinajstić information content (AvgIpc) is 2.02. The molecule has 0 aliphatic rings.